The molecule has 1 saturated heterocycles. The third-order valence-corrected chi connectivity index (χ3v) is 6.16. The molecule has 0 saturated carbocycles. The van der Waals surface area contributed by atoms with E-state index >= 15 is 0 Å². The maximum Gasteiger partial charge on any atom is 0.300 e. The van der Waals surface area contributed by atoms with Crippen molar-refractivity contribution >= 4 is 34.7 Å². The number of rotatable bonds is 5. The van der Waals surface area contributed by atoms with Crippen LogP contribution < -0.4 is 24.4 Å². The van der Waals surface area contributed by atoms with Crippen molar-refractivity contribution < 1.29 is 33.7 Å². The summed E-state index contributed by atoms with van der Waals surface area (Å²) in [5, 5.41) is 14.0. The first-order valence-electron chi connectivity index (χ1n) is 11.6. The van der Waals surface area contributed by atoms with Crippen molar-refractivity contribution in [2.75, 3.05) is 30.5 Å². The number of anilines is 2. The number of aliphatic hydroxyl groups is 1. The fraction of sp³-hybridized carbons (Fsp3) is 0.179. The summed E-state index contributed by atoms with van der Waals surface area (Å²) in [5.74, 6) is -0.578. The predicted octanol–water partition coefficient (Wildman–Crippen LogP) is 4.05. The molecule has 0 aliphatic carbocycles. The van der Waals surface area contributed by atoms with Gasteiger partial charge < -0.3 is 24.6 Å². The molecule has 5 rings (SSSR count). The Hall–Kier alpha value is -4.79. The molecular formula is C28H24N2O7. The lowest BCUT2D eigenvalue weighted by molar-refractivity contribution is -0.132. The first-order chi connectivity index (χ1) is 17.9. The molecule has 188 valence electrons. The monoisotopic (exact) mass is 500 g/mol. The van der Waals surface area contributed by atoms with Crippen LogP contribution in [0, 0.1) is 0 Å². The number of carbonyl (C=O) groups is 3. The third kappa shape index (κ3) is 4.47. The summed E-state index contributed by atoms with van der Waals surface area (Å²) in [6.45, 7) is 2.18. The number of ketones is 1. The quantitative estimate of drug-likeness (QED) is 0.309. The number of Topliss-reactive ketones (excluding diaryl/α,β-unsaturated/α-hetero) is 1. The van der Waals surface area contributed by atoms with Gasteiger partial charge in [-0.15, -0.1) is 0 Å². The highest BCUT2D eigenvalue weighted by atomic mass is 16.6. The zero-order valence-electron chi connectivity index (χ0n) is 20.2. The number of hydrogen-bond donors (Lipinski definition) is 2. The highest BCUT2D eigenvalue weighted by molar-refractivity contribution is 6.51. The molecule has 37 heavy (non-hydrogen) atoms. The third-order valence-electron chi connectivity index (χ3n) is 6.16. The zero-order chi connectivity index (χ0) is 26.1. The number of amides is 2. The summed E-state index contributed by atoms with van der Waals surface area (Å²) in [6.07, 6.45) is 0. The van der Waals surface area contributed by atoms with Crippen LogP contribution >= 0.6 is 0 Å². The summed E-state index contributed by atoms with van der Waals surface area (Å²) in [5.41, 5.74) is 1.84. The number of ether oxygens (including phenoxy) is 3. The molecule has 2 aliphatic heterocycles. The minimum atomic E-state index is -0.911. The number of benzene rings is 3. The van der Waals surface area contributed by atoms with Crippen LogP contribution in [0.15, 0.2) is 72.3 Å². The van der Waals surface area contributed by atoms with E-state index < -0.39 is 17.7 Å². The lowest BCUT2D eigenvalue weighted by Crippen LogP contribution is -2.29. The smallest absolute Gasteiger partial charge is 0.300 e. The van der Waals surface area contributed by atoms with E-state index in [0.29, 0.717) is 53.0 Å². The molecule has 9 nitrogen and oxygen atoms in total. The lowest BCUT2D eigenvalue weighted by Gasteiger charge is -2.26. The maximum absolute atomic E-state index is 13.4. The van der Waals surface area contributed by atoms with Crippen LogP contribution in [0.5, 0.6) is 17.2 Å². The van der Waals surface area contributed by atoms with E-state index in [4.69, 9.17) is 14.2 Å². The highest BCUT2D eigenvalue weighted by Gasteiger charge is 2.47. The van der Waals surface area contributed by atoms with Crippen LogP contribution in [-0.4, -0.2) is 43.0 Å². The molecule has 0 aromatic heterocycles. The summed E-state index contributed by atoms with van der Waals surface area (Å²) < 4.78 is 16.4. The average molecular weight is 501 g/mol. The van der Waals surface area contributed by atoms with E-state index in [9.17, 15) is 19.5 Å². The Labute approximate surface area is 212 Å². The van der Waals surface area contributed by atoms with Crippen molar-refractivity contribution in [3.63, 3.8) is 0 Å². The molecule has 3 aromatic carbocycles. The van der Waals surface area contributed by atoms with Crippen molar-refractivity contribution in [1.82, 2.24) is 0 Å². The van der Waals surface area contributed by atoms with Crippen LogP contribution in [0.3, 0.4) is 0 Å². The second-order valence-electron chi connectivity index (χ2n) is 8.53. The van der Waals surface area contributed by atoms with Gasteiger partial charge >= 0.3 is 0 Å². The van der Waals surface area contributed by atoms with Crippen molar-refractivity contribution in [1.29, 1.82) is 0 Å². The Bertz CT molecular complexity index is 1410. The maximum atomic E-state index is 13.4. The van der Waals surface area contributed by atoms with Gasteiger partial charge in [-0.05, 0) is 60.2 Å². The van der Waals surface area contributed by atoms with Crippen LogP contribution in [0.4, 0.5) is 11.4 Å². The van der Waals surface area contributed by atoms with E-state index in [1.165, 1.54) is 11.8 Å². The fourth-order valence-electron chi connectivity index (χ4n) is 4.46. The normalized spacial score (nSPS) is 18.0. The van der Waals surface area contributed by atoms with Crippen LogP contribution in [-0.2, 0) is 14.4 Å². The van der Waals surface area contributed by atoms with E-state index in [1.54, 1.807) is 73.8 Å². The Morgan fingerprint density at radius 2 is 1.65 bits per heavy atom. The number of nitrogens with one attached hydrogen (secondary N) is 1. The fourth-order valence-corrected chi connectivity index (χ4v) is 4.46. The molecule has 1 unspecified atom stereocenters. The molecule has 2 aliphatic rings. The van der Waals surface area contributed by atoms with Gasteiger partial charge in [0.15, 0.2) is 11.5 Å². The number of methoxy groups -OCH3 is 1. The van der Waals surface area contributed by atoms with Crippen molar-refractivity contribution in [2.45, 2.75) is 13.0 Å². The molecule has 2 N–H and O–H groups in total. The summed E-state index contributed by atoms with van der Waals surface area (Å²) >= 11 is 0. The minimum Gasteiger partial charge on any atom is -0.507 e. The Morgan fingerprint density at radius 1 is 0.973 bits per heavy atom. The highest BCUT2D eigenvalue weighted by Crippen LogP contribution is 2.43. The van der Waals surface area contributed by atoms with Crippen molar-refractivity contribution in [2.24, 2.45) is 0 Å². The van der Waals surface area contributed by atoms with Crippen molar-refractivity contribution in [3.8, 4) is 17.2 Å². The molecule has 1 fully saturated rings. The standard InChI is InChI=1S/C28H24N2O7/c1-16(31)29-19-6-8-20(9-7-19)30-25(17-3-10-21(35-2)11-4-17)24(27(33)28(30)34)26(32)18-5-12-22-23(15-18)37-14-13-36-22/h3-12,15,25,32H,13-14H2,1-2H3,(H,29,31)/b26-24-. The van der Waals surface area contributed by atoms with Gasteiger partial charge in [-0.2, -0.15) is 0 Å². The van der Waals surface area contributed by atoms with Gasteiger partial charge in [0.1, 0.15) is 24.7 Å². The van der Waals surface area contributed by atoms with Crippen LogP contribution in [0.2, 0.25) is 0 Å². The van der Waals surface area contributed by atoms with Gasteiger partial charge in [-0.1, -0.05) is 12.1 Å². The molecule has 0 radical (unpaired) electrons. The Kier molecular flexibility index (Phi) is 6.27. The van der Waals surface area contributed by atoms with Gasteiger partial charge in [0.25, 0.3) is 11.7 Å². The molecular weight excluding hydrogens is 476 g/mol. The minimum absolute atomic E-state index is 0.0576. The summed E-state index contributed by atoms with van der Waals surface area (Å²) in [7, 11) is 1.54. The average Bonchev–Trinajstić information content (AvgIpc) is 3.18. The SMILES string of the molecule is COc1ccc(C2/C(=C(/O)c3ccc4c(c3)OCCO4)C(=O)C(=O)N2c2ccc(NC(C)=O)cc2)cc1. The summed E-state index contributed by atoms with van der Waals surface area (Å²) in [6, 6.07) is 17.4. The van der Waals surface area contributed by atoms with Gasteiger partial charge in [-0.3, -0.25) is 19.3 Å². The number of carbonyl (C=O) groups excluding carboxylic acids is 3. The lowest BCUT2D eigenvalue weighted by atomic mass is 9.95. The number of fused-ring (bicyclic) bond motifs is 1. The van der Waals surface area contributed by atoms with E-state index in [1.807, 2.05) is 0 Å². The predicted molar refractivity (Wildman–Crippen MR) is 136 cm³/mol. The first kappa shape index (κ1) is 23.9. The van der Waals surface area contributed by atoms with Gasteiger partial charge in [-0.25, -0.2) is 0 Å². The van der Waals surface area contributed by atoms with Crippen LogP contribution in [0.1, 0.15) is 24.1 Å². The van der Waals surface area contributed by atoms with Crippen LogP contribution in [0.25, 0.3) is 5.76 Å². The first-order valence-corrected chi connectivity index (χ1v) is 11.6. The molecule has 3 aromatic rings. The molecule has 1 atom stereocenters. The van der Waals surface area contributed by atoms with E-state index in [0.717, 1.165) is 0 Å². The topological polar surface area (TPSA) is 114 Å². The van der Waals surface area contributed by atoms with Crippen molar-refractivity contribution in [3.05, 3.63) is 83.4 Å². The molecule has 2 amide bonds. The summed E-state index contributed by atoms with van der Waals surface area (Å²) in [4.78, 5) is 39.4. The molecule has 0 spiro atoms. The number of nitrogens with zero attached hydrogens (tertiary/aromatic N) is 1. The van der Waals surface area contributed by atoms with E-state index in [-0.39, 0.29) is 17.2 Å². The largest absolute Gasteiger partial charge is 0.507 e. The van der Waals surface area contributed by atoms with Gasteiger partial charge in [0.2, 0.25) is 5.91 Å². The molecule has 2 heterocycles. The Balaban J connectivity index is 1.63. The second-order valence-corrected chi connectivity index (χ2v) is 8.53. The molecule has 0 bridgehead atoms. The van der Waals surface area contributed by atoms with Gasteiger partial charge in [0.05, 0.1) is 18.7 Å². The second kappa shape index (κ2) is 9.69. The van der Waals surface area contributed by atoms with E-state index in [2.05, 4.69) is 5.32 Å². The van der Waals surface area contributed by atoms with Gasteiger partial charge in [0, 0.05) is 23.9 Å². The number of aliphatic hydroxyl groups excluding tert-OH is 1. The Morgan fingerprint density at radius 3 is 2.30 bits per heavy atom. The molecule has 9 heteroatoms. The number of hydrogen-bond acceptors (Lipinski definition) is 7. The zero-order valence-corrected chi connectivity index (χ0v) is 20.2.